The van der Waals surface area contributed by atoms with Crippen molar-refractivity contribution in [1.29, 1.82) is 0 Å². The number of fused-ring (bicyclic) bond motifs is 4. The lowest BCUT2D eigenvalue weighted by atomic mass is 9.81. The summed E-state index contributed by atoms with van der Waals surface area (Å²) < 4.78 is 0. The summed E-state index contributed by atoms with van der Waals surface area (Å²) in [6.45, 7) is 0. The average Bonchev–Trinajstić information content (AvgIpc) is 3.23. The van der Waals surface area contributed by atoms with Crippen LogP contribution < -0.4 is 0 Å². The zero-order valence-corrected chi connectivity index (χ0v) is 28.6. The molecule has 0 unspecified atom stereocenters. The van der Waals surface area contributed by atoms with Crippen molar-refractivity contribution in [2.45, 2.75) is 7.43 Å². The molecule has 0 heteroatoms. The molecule has 0 spiro atoms. The van der Waals surface area contributed by atoms with E-state index in [-0.39, 0.29) is 7.43 Å². The van der Waals surface area contributed by atoms with E-state index in [1.807, 2.05) is 0 Å². The lowest BCUT2D eigenvalue weighted by molar-refractivity contribution is 1.61. The molecular formula is C53H38. The Balaban J connectivity index is 0.00000372. The lowest BCUT2D eigenvalue weighted by Crippen LogP contribution is -1.94. The molecule has 250 valence electrons. The first-order chi connectivity index (χ1) is 25.8. The summed E-state index contributed by atoms with van der Waals surface area (Å²) in [4.78, 5) is 0. The number of rotatable bonds is 5. The van der Waals surface area contributed by atoms with Crippen LogP contribution in [0.15, 0.2) is 206 Å². The molecule has 0 aliphatic heterocycles. The van der Waals surface area contributed by atoms with Crippen LogP contribution in [0.2, 0.25) is 0 Å². The smallest absolute Gasteiger partial charge is 0.00139 e. The maximum absolute atomic E-state index is 2.32. The van der Waals surface area contributed by atoms with E-state index in [1.54, 1.807) is 0 Å². The monoisotopic (exact) mass is 674 g/mol. The van der Waals surface area contributed by atoms with Crippen molar-refractivity contribution >= 4 is 43.1 Å². The molecule has 0 aliphatic rings. The quantitative estimate of drug-likeness (QED) is 0.159. The van der Waals surface area contributed by atoms with Gasteiger partial charge in [-0.3, -0.25) is 0 Å². The molecule has 0 saturated heterocycles. The van der Waals surface area contributed by atoms with Gasteiger partial charge in [-0.2, -0.15) is 0 Å². The molecule has 0 heterocycles. The molecule has 0 N–H and O–H groups in total. The molecule has 0 bridgehead atoms. The van der Waals surface area contributed by atoms with Crippen LogP contribution in [0.5, 0.6) is 0 Å². The van der Waals surface area contributed by atoms with Crippen molar-refractivity contribution in [3.63, 3.8) is 0 Å². The van der Waals surface area contributed by atoms with E-state index in [9.17, 15) is 0 Å². The van der Waals surface area contributed by atoms with Crippen LogP contribution in [-0.2, 0) is 0 Å². The number of hydrogen-bond acceptors (Lipinski definition) is 0. The van der Waals surface area contributed by atoms with E-state index >= 15 is 0 Å². The molecular weight excluding hydrogens is 637 g/mol. The number of hydrogen-bond donors (Lipinski definition) is 0. The Labute approximate surface area is 311 Å². The molecule has 0 aliphatic carbocycles. The highest BCUT2D eigenvalue weighted by atomic mass is 14.2. The van der Waals surface area contributed by atoms with Crippen molar-refractivity contribution in [3.05, 3.63) is 206 Å². The van der Waals surface area contributed by atoms with Gasteiger partial charge in [0.1, 0.15) is 0 Å². The highest BCUT2D eigenvalue weighted by Gasteiger charge is 2.22. The van der Waals surface area contributed by atoms with E-state index in [2.05, 4.69) is 206 Å². The van der Waals surface area contributed by atoms with Gasteiger partial charge in [0.15, 0.2) is 0 Å². The normalized spacial score (nSPS) is 11.2. The minimum atomic E-state index is 0. The van der Waals surface area contributed by atoms with Crippen molar-refractivity contribution < 1.29 is 0 Å². The van der Waals surface area contributed by atoms with Crippen LogP contribution in [0.25, 0.3) is 98.7 Å². The zero-order valence-electron chi connectivity index (χ0n) is 28.6. The summed E-state index contributed by atoms with van der Waals surface area (Å²) in [7, 11) is 0. The minimum Gasteiger partial charge on any atom is -0.0776 e. The molecule has 0 atom stereocenters. The summed E-state index contributed by atoms with van der Waals surface area (Å²) in [5, 5.41) is 10.1. The molecule has 0 nitrogen and oxygen atoms in total. The van der Waals surface area contributed by atoms with Gasteiger partial charge in [0.2, 0.25) is 0 Å². The fraction of sp³-hybridized carbons (Fsp3) is 0.0189. The maximum Gasteiger partial charge on any atom is -0.00139 e. The van der Waals surface area contributed by atoms with E-state index in [0.29, 0.717) is 0 Å². The third kappa shape index (κ3) is 5.39. The van der Waals surface area contributed by atoms with Crippen LogP contribution in [0.1, 0.15) is 7.43 Å². The first-order valence-electron chi connectivity index (χ1n) is 18.0. The molecule has 0 aromatic heterocycles. The molecule has 10 aromatic rings. The minimum absolute atomic E-state index is 0. The number of benzene rings is 10. The van der Waals surface area contributed by atoms with Crippen LogP contribution in [0.3, 0.4) is 0 Å². The summed E-state index contributed by atoms with van der Waals surface area (Å²) in [6, 6.07) is 75.4. The Hall–Kier alpha value is -6.76. The molecule has 0 amide bonds. The second-order valence-electron chi connectivity index (χ2n) is 13.6. The van der Waals surface area contributed by atoms with Crippen molar-refractivity contribution in [2.75, 3.05) is 0 Å². The standard InChI is InChI=1S/C52H34.CH4/c1-3-15-35(16-4-1)37-27-31-39(32-28-37)49-41-19-7-11-23-45(41)51(46-24-12-8-20-42(46)49)52-47-25-13-9-21-43(47)50(44-22-10-14-26-48(44)52)40-33-29-38(30-34-40)36-17-5-2-6-18-36;/h1-34H;1H4. The Morgan fingerprint density at radius 3 is 0.604 bits per heavy atom. The first kappa shape index (κ1) is 32.2. The maximum atomic E-state index is 2.32. The Morgan fingerprint density at radius 2 is 0.340 bits per heavy atom. The summed E-state index contributed by atoms with van der Waals surface area (Å²) in [5.41, 5.74) is 12.5. The van der Waals surface area contributed by atoms with E-state index in [0.717, 1.165) is 0 Å². The Bertz CT molecular complexity index is 2580. The van der Waals surface area contributed by atoms with Gasteiger partial charge in [-0.05, 0) is 98.7 Å². The van der Waals surface area contributed by atoms with Gasteiger partial charge in [0.05, 0.1) is 0 Å². The third-order valence-electron chi connectivity index (χ3n) is 10.7. The van der Waals surface area contributed by atoms with Crippen molar-refractivity contribution in [1.82, 2.24) is 0 Å². The third-order valence-corrected chi connectivity index (χ3v) is 10.7. The lowest BCUT2D eigenvalue weighted by Gasteiger charge is -2.22. The summed E-state index contributed by atoms with van der Waals surface area (Å²) in [6.07, 6.45) is 0. The van der Waals surface area contributed by atoms with Gasteiger partial charge >= 0.3 is 0 Å². The summed E-state index contributed by atoms with van der Waals surface area (Å²) >= 11 is 0. The Kier molecular flexibility index (Phi) is 8.14. The van der Waals surface area contributed by atoms with Gasteiger partial charge < -0.3 is 0 Å². The highest BCUT2D eigenvalue weighted by Crippen LogP contribution is 2.50. The van der Waals surface area contributed by atoms with Crippen LogP contribution >= 0.6 is 0 Å². The Morgan fingerprint density at radius 1 is 0.151 bits per heavy atom. The van der Waals surface area contributed by atoms with E-state index in [1.165, 1.54) is 98.7 Å². The van der Waals surface area contributed by atoms with Crippen molar-refractivity contribution in [3.8, 4) is 55.6 Å². The van der Waals surface area contributed by atoms with Gasteiger partial charge in [-0.1, -0.05) is 214 Å². The predicted octanol–water partition coefficient (Wildman–Crippen LogP) is 15.3. The summed E-state index contributed by atoms with van der Waals surface area (Å²) in [5.74, 6) is 0. The van der Waals surface area contributed by atoms with E-state index in [4.69, 9.17) is 0 Å². The largest absolute Gasteiger partial charge is 0.0776 e. The molecule has 0 saturated carbocycles. The van der Waals surface area contributed by atoms with Crippen LogP contribution in [0.4, 0.5) is 0 Å². The molecule has 10 rings (SSSR count). The second-order valence-corrected chi connectivity index (χ2v) is 13.6. The average molecular weight is 675 g/mol. The molecule has 10 aromatic carbocycles. The fourth-order valence-electron chi connectivity index (χ4n) is 8.34. The topological polar surface area (TPSA) is 0 Å². The van der Waals surface area contributed by atoms with Gasteiger partial charge in [0, 0.05) is 0 Å². The molecule has 53 heavy (non-hydrogen) atoms. The molecule has 0 fully saturated rings. The van der Waals surface area contributed by atoms with Gasteiger partial charge in [-0.25, -0.2) is 0 Å². The van der Waals surface area contributed by atoms with E-state index < -0.39 is 0 Å². The van der Waals surface area contributed by atoms with Gasteiger partial charge in [-0.15, -0.1) is 0 Å². The van der Waals surface area contributed by atoms with Crippen LogP contribution in [0, 0.1) is 0 Å². The SMILES string of the molecule is C.c1ccc(-c2ccc(-c3c4ccccc4c(-c4c5ccccc5c(-c5ccc(-c6ccccc6)cc5)c5ccccc45)c4ccccc34)cc2)cc1. The fourth-order valence-corrected chi connectivity index (χ4v) is 8.34. The predicted molar refractivity (Wildman–Crippen MR) is 230 cm³/mol. The highest BCUT2D eigenvalue weighted by molar-refractivity contribution is 6.30. The van der Waals surface area contributed by atoms with Gasteiger partial charge in [0.25, 0.3) is 0 Å². The first-order valence-corrected chi connectivity index (χ1v) is 18.0. The second kappa shape index (κ2) is 13.4. The van der Waals surface area contributed by atoms with Crippen molar-refractivity contribution in [2.24, 2.45) is 0 Å². The zero-order chi connectivity index (χ0) is 34.4. The van der Waals surface area contributed by atoms with Crippen LogP contribution in [-0.4, -0.2) is 0 Å². The molecule has 0 radical (unpaired) electrons.